The second-order valence-electron chi connectivity index (χ2n) is 7.44. The Morgan fingerprint density at radius 2 is 1.78 bits per heavy atom. The molecule has 0 aliphatic carbocycles. The molecule has 3 heterocycles. The molecule has 0 radical (unpaired) electrons. The fourth-order valence-electron chi connectivity index (χ4n) is 4.31. The Hall–Kier alpha value is -3.01. The first-order valence-corrected chi connectivity index (χ1v) is 9.69. The quantitative estimate of drug-likeness (QED) is 0.482. The van der Waals surface area contributed by atoms with Gasteiger partial charge in [0.1, 0.15) is 0 Å². The van der Waals surface area contributed by atoms with Crippen LogP contribution in [0.5, 0.6) is 0 Å². The largest absolute Gasteiger partial charge is 0.348 e. The molecule has 2 aromatic carbocycles. The van der Waals surface area contributed by atoms with Crippen LogP contribution in [-0.4, -0.2) is 22.3 Å². The molecule has 0 fully saturated rings. The molecule has 0 saturated heterocycles. The predicted octanol–water partition coefficient (Wildman–Crippen LogP) is 5.53. The number of anilines is 3. The Balaban J connectivity index is 1.70. The summed E-state index contributed by atoms with van der Waals surface area (Å²) in [6, 6.07) is 20.1. The molecule has 0 atom stereocenters. The summed E-state index contributed by atoms with van der Waals surface area (Å²) in [5, 5.41) is 2.63. The van der Waals surface area contributed by atoms with Gasteiger partial charge in [-0.1, -0.05) is 18.2 Å². The van der Waals surface area contributed by atoms with Crippen molar-refractivity contribution in [3.05, 3.63) is 60.8 Å². The van der Waals surface area contributed by atoms with Gasteiger partial charge in [0.2, 0.25) is 0 Å². The van der Waals surface area contributed by atoms with Crippen LogP contribution in [0.1, 0.15) is 20.8 Å². The van der Waals surface area contributed by atoms with Crippen LogP contribution in [0.25, 0.3) is 21.8 Å². The number of hydrogen-bond acceptors (Lipinski definition) is 3. The maximum Gasteiger partial charge on any atom is 0.158 e. The maximum atomic E-state index is 4.69. The lowest BCUT2D eigenvalue weighted by molar-refractivity contribution is 0.709. The lowest BCUT2D eigenvalue weighted by atomic mass is 10.1. The van der Waals surface area contributed by atoms with E-state index in [-0.39, 0.29) is 0 Å². The smallest absolute Gasteiger partial charge is 0.158 e. The zero-order valence-electron chi connectivity index (χ0n) is 16.1. The van der Waals surface area contributed by atoms with Crippen molar-refractivity contribution in [1.29, 1.82) is 0 Å². The zero-order valence-corrected chi connectivity index (χ0v) is 16.1. The fraction of sp³-hybridized carbons (Fsp3) is 0.261. The van der Waals surface area contributed by atoms with E-state index in [4.69, 9.17) is 4.98 Å². The molecule has 1 aliphatic rings. The summed E-state index contributed by atoms with van der Waals surface area (Å²) in [7, 11) is 0. The van der Waals surface area contributed by atoms with Crippen LogP contribution < -0.4 is 9.80 Å². The van der Waals surface area contributed by atoms with Crippen LogP contribution in [0.3, 0.4) is 0 Å². The lowest BCUT2D eigenvalue weighted by Crippen LogP contribution is -2.33. The van der Waals surface area contributed by atoms with Crippen molar-refractivity contribution in [2.75, 3.05) is 16.5 Å². The van der Waals surface area contributed by atoms with E-state index in [1.54, 1.807) is 0 Å². The number of pyridine rings is 1. The highest BCUT2D eigenvalue weighted by atomic mass is 15.4. The minimum atomic E-state index is 0.434. The van der Waals surface area contributed by atoms with Gasteiger partial charge in [0, 0.05) is 46.3 Å². The van der Waals surface area contributed by atoms with Gasteiger partial charge in [-0.05, 0) is 57.2 Å². The Kier molecular flexibility index (Phi) is 3.61. The molecule has 27 heavy (non-hydrogen) atoms. The van der Waals surface area contributed by atoms with E-state index in [0.29, 0.717) is 6.04 Å². The van der Waals surface area contributed by atoms with Gasteiger partial charge in [-0.2, -0.15) is 0 Å². The number of para-hydroxylation sites is 1. The number of fused-ring (bicyclic) bond motifs is 4. The Morgan fingerprint density at radius 3 is 2.59 bits per heavy atom. The van der Waals surface area contributed by atoms with E-state index in [9.17, 15) is 0 Å². The molecule has 4 heteroatoms. The van der Waals surface area contributed by atoms with Crippen molar-refractivity contribution in [3.63, 3.8) is 0 Å². The first kappa shape index (κ1) is 16.2. The molecule has 1 aliphatic heterocycles. The number of aromatic nitrogens is 2. The van der Waals surface area contributed by atoms with Crippen LogP contribution in [0.2, 0.25) is 0 Å². The summed E-state index contributed by atoms with van der Waals surface area (Å²) in [4.78, 5) is 9.42. The van der Waals surface area contributed by atoms with E-state index in [1.807, 2.05) is 12.3 Å². The molecule has 0 saturated carbocycles. The Morgan fingerprint density at radius 1 is 0.963 bits per heavy atom. The first-order chi connectivity index (χ1) is 13.2. The van der Waals surface area contributed by atoms with Gasteiger partial charge < -0.3 is 14.4 Å². The van der Waals surface area contributed by atoms with E-state index in [1.165, 1.54) is 33.2 Å². The highest BCUT2D eigenvalue weighted by molar-refractivity contribution is 6.09. The van der Waals surface area contributed by atoms with E-state index in [0.717, 1.165) is 19.0 Å². The fourth-order valence-corrected chi connectivity index (χ4v) is 4.31. The molecule has 0 N–H and O–H groups in total. The topological polar surface area (TPSA) is 24.3 Å². The zero-order chi connectivity index (χ0) is 18.5. The number of rotatable bonds is 3. The SMILES string of the molecule is CCn1c2ccccc2c2cc(N3CN(C(C)C)c4cccnc43)ccc21. The second-order valence-corrected chi connectivity index (χ2v) is 7.44. The van der Waals surface area contributed by atoms with Gasteiger partial charge in [0.25, 0.3) is 0 Å². The molecule has 0 spiro atoms. The van der Waals surface area contributed by atoms with Gasteiger partial charge in [-0.3, -0.25) is 0 Å². The Bertz CT molecular complexity index is 1140. The number of benzene rings is 2. The lowest BCUT2D eigenvalue weighted by Gasteiger charge is -2.24. The molecule has 4 aromatic rings. The van der Waals surface area contributed by atoms with Crippen molar-refractivity contribution in [1.82, 2.24) is 9.55 Å². The molecule has 0 unspecified atom stereocenters. The van der Waals surface area contributed by atoms with Crippen LogP contribution in [0.15, 0.2) is 60.8 Å². The van der Waals surface area contributed by atoms with E-state index < -0.39 is 0 Å². The van der Waals surface area contributed by atoms with Crippen molar-refractivity contribution in [3.8, 4) is 0 Å². The Labute approximate surface area is 159 Å². The summed E-state index contributed by atoms with van der Waals surface area (Å²) in [6.45, 7) is 8.48. The summed E-state index contributed by atoms with van der Waals surface area (Å²) in [5.41, 5.74) is 5.01. The van der Waals surface area contributed by atoms with Crippen molar-refractivity contribution < 1.29 is 0 Å². The van der Waals surface area contributed by atoms with Gasteiger partial charge in [0.05, 0.1) is 12.4 Å². The van der Waals surface area contributed by atoms with E-state index >= 15 is 0 Å². The van der Waals surface area contributed by atoms with Gasteiger partial charge >= 0.3 is 0 Å². The summed E-state index contributed by atoms with van der Waals surface area (Å²) in [5.74, 6) is 1.05. The number of aryl methyl sites for hydroxylation is 1. The van der Waals surface area contributed by atoms with Crippen LogP contribution >= 0.6 is 0 Å². The molecular weight excluding hydrogens is 332 g/mol. The molecule has 0 bridgehead atoms. The van der Waals surface area contributed by atoms with Crippen LogP contribution in [0, 0.1) is 0 Å². The molecular formula is C23H24N4. The van der Waals surface area contributed by atoms with Crippen LogP contribution in [-0.2, 0) is 6.54 Å². The van der Waals surface area contributed by atoms with Gasteiger partial charge in [-0.25, -0.2) is 4.98 Å². The second kappa shape index (κ2) is 6.02. The summed E-state index contributed by atoms with van der Waals surface area (Å²) in [6.07, 6.45) is 1.89. The standard InChI is InChI=1S/C23H24N4/c1-4-25-20-9-6-5-8-18(20)19-14-17(11-12-21(19)25)27-15-26(16(2)3)22-10-7-13-24-23(22)27/h5-14,16H,4,15H2,1-3H3. The number of nitrogens with zero attached hydrogens (tertiary/aromatic N) is 4. The highest BCUT2D eigenvalue weighted by Crippen LogP contribution is 2.41. The van der Waals surface area contributed by atoms with Crippen LogP contribution in [0.4, 0.5) is 17.2 Å². The third kappa shape index (κ3) is 2.33. The molecule has 136 valence electrons. The van der Waals surface area contributed by atoms with Crippen molar-refractivity contribution in [2.24, 2.45) is 0 Å². The van der Waals surface area contributed by atoms with Gasteiger partial charge in [-0.15, -0.1) is 0 Å². The monoisotopic (exact) mass is 356 g/mol. The molecule has 5 rings (SSSR count). The first-order valence-electron chi connectivity index (χ1n) is 9.69. The minimum absolute atomic E-state index is 0.434. The highest BCUT2D eigenvalue weighted by Gasteiger charge is 2.29. The molecule has 2 aromatic heterocycles. The average Bonchev–Trinajstić information content (AvgIpc) is 3.23. The number of hydrogen-bond donors (Lipinski definition) is 0. The predicted molar refractivity (Wildman–Crippen MR) is 114 cm³/mol. The molecule has 0 amide bonds. The van der Waals surface area contributed by atoms with Gasteiger partial charge in [0.15, 0.2) is 5.82 Å². The van der Waals surface area contributed by atoms with E-state index in [2.05, 4.69) is 83.7 Å². The normalized spacial score (nSPS) is 13.9. The average molecular weight is 356 g/mol. The van der Waals surface area contributed by atoms with Crippen molar-refractivity contribution >= 4 is 39.0 Å². The third-order valence-corrected chi connectivity index (χ3v) is 5.63. The summed E-state index contributed by atoms with van der Waals surface area (Å²) < 4.78 is 2.39. The summed E-state index contributed by atoms with van der Waals surface area (Å²) >= 11 is 0. The van der Waals surface area contributed by atoms with Crippen molar-refractivity contribution in [2.45, 2.75) is 33.4 Å². The third-order valence-electron chi connectivity index (χ3n) is 5.63. The molecule has 4 nitrogen and oxygen atoms in total. The maximum absolute atomic E-state index is 4.69. The minimum Gasteiger partial charge on any atom is -0.348 e.